The van der Waals surface area contributed by atoms with Crippen LogP contribution in [0.5, 0.6) is 0 Å². The molecule has 0 aliphatic carbocycles. The summed E-state index contributed by atoms with van der Waals surface area (Å²) in [6.45, 7) is 13.8. The molecule has 0 radical (unpaired) electrons. The van der Waals surface area contributed by atoms with Crippen molar-refractivity contribution < 1.29 is 9.53 Å². The highest BCUT2D eigenvalue weighted by molar-refractivity contribution is 6.29. The van der Waals surface area contributed by atoms with Crippen LogP contribution in [0.3, 0.4) is 0 Å². The third kappa shape index (κ3) is 6.59. The van der Waals surface area contributed by atoms with Crippen molar-refractivity contribution in [2.75, 3.05) is 0 Å². The Morgan fingerprint density at radius 3 is 2.43 bits per heavy atom. The van der Waals surface area contributed by atoms with Crippen LogP contribution in [0, 0.1) is 13.8 Å². The Kier molecular flexibility index (Phi) is 8.53. The number of benzene rings is 3. The number of carbonyl (C=O) groups is 1. The summed E-state index contributed by atoms with van der Waals surface area (Å²) in [7, 11) is 0. The van der Waals surface area contributed by atoms with Gasteiger partial charge in [0.05, 0.1) is 18.2 Å². The Balaban J connectivity index is 1.35. The van der Waals surface area contributed by atoms with Crippen molar-refractivity contribution in [1.29, 1.82) is 0 Å². The van der Waals surface area contributed by atoms with Gasteiger partial charge in [0.25, 0.3) is 5.91 Å². The highest BCUT2D eigenvalue weighted by Gasteiger charge is 2.17. The number of fused-ring (bicyclic) bond motifs is 1. The average molecular weight is 580 g/mol. The molecule has 2 aromatic heterocycles. The maximum Gasteiger partial charge on any atom is 0.251 e. The summed E-state index contributed by atoms with van der Waals surface area (Å²) in [4.78, 5) is 17.2. The fraction of sp³-hybridized carbons (Fsp3) is 0.278. The second-order valence-corrected chi connectivity index (χ2v) is 12.3. The van der Waals surface area contributed by atoms with Gasteiger partial charge >= 0.3 is 0 Å². The summed E-state index contributed by atoms with van der Waals surface area (Å²) in [6.07, 6.45) is 1.69. The molecule has 0 bridgehead atoms. The number of rotatable bonds is 8. The van der Waals surface area contributed by atoms with Gasteiger partial charge in [-0.2, -0.15) is 0 Å². The van der Waals surface area contributed by atoms with Crippen LogP contribution in [0.15, 0.2) is 85.1 Å². The highest BCUT2D eigenvalue weighted by atomic mass is 35.5. The Morgan fingerprint density at radius 2 is 1.74 bits per heavy atom. The summed E-state index contributed by atoms with van der Waals surface area (Å²) in [6, 6.07) is 26.6. The van der Waals surface area contributed by atoms with Gasteiger partial charge in [-0.05, 0) is 99.2 Å². The van der Waals surface area contributed by atoms with E-state index in [-0.39, 0.29) is 17.6 Å². The summed E-state index contributed by atoms with van der Waals surface area (Å²) < 4.78 is 8.40. The van der Waals surface area contributed by atoms with E-state index in [0.717, 1.165) is 23.0 Å². The molecular weight excluding hydrogens is 542 g/mol. The number of carbonyl (C=O) groups excluding carboxylic acids is 1. The van der Waals surface area contributed by atoms with Gasteiger partial charge in [-0.1, -0.05) is 66.2 Å². The van der Waals surface area contributed by atoms with E-state index in [1.54, 1.807) is 12.3 Å². The number of pyridine rings is 1. The second-order valence-electron chi connectivity index (χ2n) is 11.9. The number of aromatic nitrogens is 2. The van der Waals surface area contributed by atoms with E-state index in [1.165, 1.54) is 33.5 Å². The summed E-state index contributed by atoms with van der Waals surface area (Å²) in [5, 5.41) is 4.60. The predicted molar refractivity (Wildman–Crippen MR) is 172 cm³/mol. The zero-order chi connectivity index (χ0) is 30.0. The number of hydrogen-bond donors (Lipinski definition) is 1. The van der Waals surface area contributed by atoms with E-state index in [2.05, 4.69) is 104 Å². The van der Waals surface area contributed by atoms with E-state index in [1.807, 2.05) is 25.1 Å². The molecule has 6 heteroatoms. The Morgan fingerprint density at radius 1 is 1.00 bits per heavy atom. The Hall–Kier alpha value is -3.93. The van der Waals surface area contributed by atoms with E-state index in [9.17, 15) is 4.79 Å². The number of amides is 1. The molecule has 42 heavy (non-hydrogen) atoms. The number of aryl methyl sites for hydroxylation is 1. The molecule has 0 saturated carbocycles. The van der Waals surface area contributed by atoms with Gasteiger partial charge in [-0.3, -0.25) is 4.79 Å². The van der Waals surface area contributed by atoms with Crippen LogP contribution >= 0.6 is 11.6 Å². The molecule has 2 heterocycles. The zero-order valence-corrected chi connectivity index (χ0v) is 25.9. The van der Waals surface area contributed by atoms with Gasteiger partial charge in [0.1, 0.15) is 5.15 Å². The molecule has 5 aromatic rings. The Labute approximate surface area is 253 Å². The minimum Gasteiger partial charge on any atom is -0.371 e. The number of nitrogens with one attached hydrogen (secondary N) is 1. The van der Waals surface area contributed by atoms with Gasteiger partial charge in [0.2, 0.25) is 0 Å². The lowest BCUT2D eigenvalue weighted by Crippen LogP contribution is -2.26. The largest absolute Gasteiger partial charge is 0.371 e. The first-order valence-corrected chi connectivity index (χ1v) is 14.7. The quantitative estimate of drug-likeness (QED) is 0.187. The molecule has 5 rings (SSSR count). The lowest BCUT2D eigenvalue weighted by atomic mass is 9.99. The van der Waals surface area contributed by atoms with Crippen molar-refractivity contribution in [1.82, 2.24) is 14.9 Å². The number of hydrogen-bond acceptors (Lipinski definition) is 3. The van der Waals surface area contributed by atoms with Crippen LogP contribution in [0.2, 0.25) is 5.15 Å². The first kappa shape index (κ1) is 29.6. The minimum atomic E-state index is -0.190. The smallest absolute Gasteiger partial charge is 0.251 e. The van der Waals surface area contributed by atoms with Crippen LogP contribution in [0.4, 0.5) is 0 Å². The number of nitrogens with zero attached hydrogens (tertiary/aromatic N) is 2. The first-order valence-electron chi connectivity index (χ1n) is 14.3. The normalized spacial score (nSPS) is 12.5. The van der Waals surface area contributed by atoms with Crippen molar-refractivity contribution in [3.63, 3.8) is 0 Å². The van der Waals surface area contributed by atoms with Crippen LogP contribution in [-0.2, 0) is 17.9 Å². The lowest BCUT2D eigenvalue weighted by molar-refractivity contribution is -0.0147. The van der Waals surface area contributed by atoms with Gasteiger partial charge < -0.3 is 14.6 Å². The first-order chi connectivity index (χ1) is 20.0. The van der Waals surface area contributed by atoms with Crippen LogP contribution < -0.4 is 5.32 Å². The van der Waals surface area contributed by atoms with Crippen molar-refractivity contribution in [3.8, 4) is 11.1 Å². The average Bonchev–Trinajstić information content (AvgIpc) is 3.20. The van der Waals surface area contributed by atoms with Crippen molar-refractivity contribution in [2.45, 2.75) is 66.3 Å². The molecule has 0 aliphatic rings. The number of ether oxygens (including phenoxy) is 1. The Bertz CT molecular complexity index is 1710. The molecule has 1 atom stereocenters. The molecule has 0 spiro atoms. The van der Waals surface area contributed by atoms with Gasteiger partial charge in [-0.15, -0.1) is 0 Å². The fourth-order valence-electron chi connectivity index (χ4n) is 5.20. The van der Waals surface area contributed by atoms with Crippen molar-refractivity contribution in [2.24, 2.45) is 0 Å². The summed E-state index contributed by atoms with van der Waals surface area (Å²) in [5.41, 5.74) is 9.60. The van der Waals surface area contributed by atoms with Gasteiger partial charge in [0.15, 0.2) is 0 Å². The maximum atomic E-state index is 13.1. The summed E-state index contributed by atoms with van der Waals surface area (Å²) >= 11 is 5.91. The molecule has 3 aromatic carbocycles. The molecule has 216 valence electrons. The lowest BCUT2D eigenvalue weighted by Gasteiger charge is -2.21. The highest BCUT2D eigenvalue weighted by Crippen LogP contribution is 2.29. The molecule has 0 fully saturated rings. The maximum absolute atomic E-state index is 13.1. The van der Waals surface area contributed by atoms with E-state index >= 15 is 0 Å². The molecule has 0 saturated heterocycles. The molecular formula is C36H38ClN3O2. The molecule has 5 nitrogen and oxygen atoms in total. The van der Waals surface area contributed by atoms with E-state index in [4.69, 9.17) is 16.3 Å². The SMILES string of the molecule is Cc1c(C)n(Cc2ccc(-c3ccccc3COC(C)(C)C)cc2)c2ccc(C(=O)NC(C)c3ccc(Cl)nc3)cc12. The van der Waals surface area contributed by atoms with E-state index < -0.39 is 0 Å². The van der Waals surface area contributed by atoms with Crippen molar-refractivity contribution in [3.05, 3.63) is 124 Å². The van der Waals surface area contributed by atoms with E-state index in [0.29, 0.717) is 17.3 Å². The third-order valence-electron chi connectivity index (χ3n) is 7.78. The standard InChI is InChI=1S/C36H38ClN3O2/c1-23-25(3)40(21-26-11-13-27(14-12-26)31-10-8-7-9-30(31)22-42-36(4,5)6)33-17-15-28(19-32(23)33)35(41)39-24(2)29-16-18-34(37)38-20-29/h7-20,24H,21-22H2,1-6H3,(H,39,41). The van der Waals surface area contributed by atoms with Crippen LogP contribution in [-0.4, -0.2) is 21.1 Å². The molecule has 1 N–H and O–H groups in total. The van der Waals surface area contributed by atoms with Crippen molar-refractivity contribution >= 4 is 28.4 Å². The fourth-order valence-corrected chi connectivity index (χ4v) is 5.31. The van der Waals surface area contributed by atoms with Crippen LogP contribution in [0.1, 0.15) is 72.0 Å². The minimum absolute atomic E-state index is 0.118. The molecule has 1 unspecified atom stereocenters. The summed E-state index contributed by atoms with van der Waals surface area (Å²) in [5.74, 6) is -0.118. The van der Waals surface area contributed by atoms with Gasteiger partial charge in [0, 0.05) is 34.9 Å². The zero-order valence-electron chi connectivity index (χ0n) is 25.2. The monoisotopic (exact) mass is 579 g/mol. The third-order valence-corrected chi connectivity index (χ3v) is 8.01. The van der Waals surface area contributed by atoms with Crippen LogP contribution in [0.25, 0.3) is 22.0 Å². The second kappa shape index (κ2) is 12.1. The molecule has 1 amide bonds. The molecule has 0 aliphatic heterocycles. The number of halogens is 1. The predicted octanol–water partition coefficient (Wildman–Crippen LogP) is 8.83. The van der Waals surface area contributed by atoms with Gasteiger partial charge in [-0.25, -0.2) is 4.98 Å². The topological polar surface area (TPSA) is 56.1 Å².